The van der Waals surface area contributed by atoms with Gasteiger partial charge in [-0.15, -0.1) is 0 Å². The zero-order chi connectivity index (χ0) is 24.6. The molecule has 0 saturated heterocycles. The quantitative estimate of drug-likeness (QED) is 0.310. The summed E-state index contributed by atoms with van der Waals surface area (Å²) < 4.78 is 7.30. The van der Waals surface area contributed by atoms with Crippen LogP contribution < -0.4 is 15.6 Å². The predicted octanol–water partition coefficient (Wildman–Crippen LogP) is 4.32. The molecule has 0 saturated carbocycles. The Morgan fingerprint density at radius 1 is 1.06 bits per heavy atom. The number of nitriles is 1. The summed E-state index contributed by atoms with van der Waals surface area (Å²) in [4.78, 5) is 30.5. The Morgan fingerprint density at radius 3 is 2.51 bits per heavy atom. The monoisotopic (exact) mass is 464 g/mol. The highest BCUT2D eigenvalue weighted by Gasteiger charge is 2.17. The van der Waals surface area contributed by atoms with E-state index in [0.29, 0.717) is 24.4 Å². The highest BCUT2D eigenvalue weighted by Crippen LogP contribution is 2.24. The summed E-state index contributed by atoms with van der Waals surface area (Å²) in [5.41, 5.74) is 1.96. The normalized spacial score (nSPS) is 11.1. The summed E-state index contributed by atoms with van der Waals surface area (Å²) in [6.45, 7) is 2.41. The number of aryl methyl sites for hydroxylation is 1. The molecule has 2 heterocycles. The Morgan fingerprint density at radius 2 is 1.80 bits per heavy atom. The van der Waals surface area contributed by atoms with E-state index in [4.69, 9.17) is 4.74 Å². The number of fused-ring (bicyclic) bond motifs is 1. The Kier molecular flexibility index (Phi) is 7.34. The van der Waals surface area contributed by atoms with Gasteiger partial charge in [0.25, 0.3) is 11.5 Å². The summed E-state index contributed by atoms with van der Waals surface area (Å²) in [5.74, 6) is -0.0515. The van der Waals surface area contributed by atoms with Crippen LogP contribution in [0.25, 0.3) is 11.7 Å². The third-order valence-electron chi connectivity index (χ3n) is 5.48. The van der Waals surface area contributed by atoms with Crippen LogP contribution in [0.15, 0.2) is 89.4 Å². The molecule has 0 atom stereocenters. The van der Waals surface area contributed by atoms with Gasteiger partial charge in [0, 0.05) is 12.7 Å². The van der Waals surface area contributed by atoms with Crippen LogP contribution in [0.2, 0.25) is 0 Å². The molecule has 2 aromatic carbocycles. The van der Waals surface area contributed by atoms with E-state index in [-0.39, 0.29) is 17.0 Å². The van der Waals surface area contributed by atoms with Crippen LogP contribution in [-0.2, 0) is 17.6 Å². The van der Waals surface area contributed by atoms with E-state index >= 15 is 0 Å². The SMILES string of the molecule is CCc1ccc(Oc2nc3ccccn3c(=O)c2C=C(C#N)C(=O)NCCc2ccccc2)cc1. The number of nitrogens with zero attached hydrogens (tertiary/aromatic N) is 3. The van der Waals surface area contributed by atoms with Crippen molar-refractivity contribution in [1.82, 2.24) is 14.7 Å². The summed E-state index contributed by atoms with van der Waals surface area (Å²) in [7, 11) is 0. The van der Waals surface area contributed by atoms with E-state index in [9.17, 15) is 14.9 Å². The molecule has 0 aliphatic carbocycles. The Hall–Kier alpha value is -4.70. The number of amides is 1. The van der Waals surface area contributed by atoms with Crippen molar-refractivity contribution in [2.75, 3.05) is 6.54 Å². The molecule has 174 valence electrons. The topological polar surface area (TPSA) is 96.5 Å². The lowest BCUT2D eigenvalue weighted by molar-refractivity contribution is -0.117. The fourth-order valence-corrected chi connectivity index (χ4v) is 3.54. The fraction of sp³-hybridized carbons (Fsp3) is 0.143. The summed E-state index contributed by atoms with van der Waals surface area (Å²) in [5, 5.41) is 12.4. The van der Waals surface area contributed by atoms with Crippen molar-refractivity contribution in [3.8, 4) is 17.7 Å². The van der Waals surface area contributed by atoms with Gasteiger partial charge < -0.3 is 10.1 Å². The van der Waals surface area contributed by atoms with Gasteiger partial charge >= 0.3 is 0 Å². The number of benzene rings is 2. The molecule has 0 radical (unpaired) electrons. The average Bonchev–Trinajstić information content (AvgIpc) is 2.89. The van der Waals surface area contributed by atoms with Gasteiger partial charge in [0.2, 0.25) is 5.88 Å². The molecule has 0 spiro atoms. The van der Waals surface area contributed by atoms with Gasteiger partial charge in [-0.25, -0.2) is 0 Å². The van der Waals surface area contributed by atoms with Crippen LogP contribution >= 0.6 is 0 Å². The average molecular weight is 465 g/mol. The van der Waals surface area contributed by atoms with Crippen LogP contribution in [0.4, 0.5) is 0 Å². The van der Waals surface area contributed by atoms with E-state index in [1.165, 1.54) is 10.5 Å². The molecule has 7 heteroatoms. The zero-order valence-corrected chi connectivity index (χ0v) is 19.3. The third kappa shape index (κ3) is 5.63. The number of hydrogen-bond donors (Lipinski definition) is 1. The number of hydrogen-bond acceptors (Lipinski definition) is 5. The molecule has 4 aromatic rings. The third-order valence-corrected chi connectivity index (χ3v) is 5.48. The summed E-state index contributed by atoms with van der Waals surface area (Å²) >= 11 is 0. The number of rotatable bonds is 8. The van der Waals surface area contributed by atoms with E-state index in [1.807, 2.05) is 48.5 Å². The van der Waals surface area contributed by atoms with Crippen LogP contribution in [0.5, 0.6) is 11.6 Å². The number of ether oxygens (including phenoxy) is 1. The van der Waals surface area contributed by atoms with Crippen molar-refractivity contribution in [1.29, 1.82) is 5.26 Å². The van der Waals surface area contributed by atoms with Crippen LogP contribution in [0.1, 0.15) is 23.6 Å². The van der Waals surface area contributed by atoms with Gasteiger partial charge in [0.1, 0.15) is 28.6 Å². The first-order chi connectivity index (χ1) is 17.1. The van der Waals surface area contributed by atoms with Crippen molar-refractivity contribution >= 4 is 17.6 Å². The first-order valence-corrected chi connectivity index (χ1v) is 11.3. The second kappa shape index (κ2) is 10.9. The van der Waals surface area contributed by atoms with Gasteiger partial charge in [-0.1, -0.05) is 55.5 Å². The smallest absolute Gasteiger partial charge is 0.269 e. The summed E-state index contributed by atoms with van der Waals surface area (Å²) in [6.07, 6.45) is 4.32. The van der Waals surface area contributed by atoms with E-state index in [1.54, 1.807) is 36.5 Å². The largest absolute Gasteiger partial charge is 0.438 e. The first-order valence-electron chi connectivity index (χ1n) is 11.3. The molecule has 1 N–H and O–H groups in total. The molecule has 0 aliphatic rings. The minimum Gasteiger partial charge on any atom is -0.438 e. The molecule has 7 nitrogen and oxygen atoms in total. The zero-order valence-electron chi connectivity index (χ0n) is 19.3. The van der Waals surface area contributed by atoms with Gasteiger partial charge in [-0.05, 0) is 54.3 Å². The maximum atomic E-state index is 13.3. The predicted molar refractivity (Wildman–Crippen MR) is 134 cm³/mol. The Balaban J connectivity index is 1.66. The molecule has 0 unspecified atom stereocenters. The number of pyridine rings is 1. The number of carbonyl (C=O) groups is 1. The lowest BCUT2D eigenvalue weighted by Gasteiger charge is -2.11. The molecule has 2 aromatic heterocycles. The Labute approximate surface area is 203 Å². The minimum absolute atomic E-state index is 0.0167. The molecule has 0 fully saturated rings. The van der Waals surface area contributed by atoms with Crippen LogP contribution in [0, 0.1) is 11.3 Å². The lowest BCUT2D eigenvalue weighted by atomic mass is 10.1. The number of nitrogens with one attached hydrogen (secondary N) is 1. The second-order valence-corrected chi connectivity index (χ2v) is 7.83. The van der Waals surface area contributed by atoms with E-state index in [2.05, 4.69) is 17.2 Å². The highest BCUT2D eigenvalue weighted by molar-refractivity contribution is 6.01. The molecule has 1 amide bonds. The van der Waals surface area contributed by atoms with Gasteiger partial charge in [0.15, 0.2) is 0 Å². The molecular weight excluding hydrogens is 440 g/mol. The maximum Gasteiger partial charge on any atom is 0.269 e. The number of carbonyl (C=O) groups excluding carboxylic acids is 1. The van der Waals surface area contributed by atoms with Crippen LogP contribution in [-0.4, -0.2) is 21.8 Å². The van der Waals surface area contributed by atoms with Crippen molar-refractivity contribution < 1.29 is 9.53 Å². The fourth-order valence-electron chi connectivity index (χ4n) is 3.54. The molecular formula is C28H24N4O3. The standard InChI is InChI=1S/C28H24N4O3/c1-2-20-11-13-23(14-12-20)35-27-24(28(34)32-17-7-6-10-25(32)31-27)18-22(19-29)26(33)30-16-15-21-8-4-3-5-9-21/h3-14,17-18H,2,15-16H2,1H3,(H,30,33). The molecule has 4 rings (SSSR count). The molecule has 0 aliphatic heterocycles. The molecule has 0 bridgehead atoms. The van der Waals surface area contributed by atoms with Gasteiger partial charge in [-0.2, -0.15) is 10.2 Å². The second-order valence-electron chi connectivity index (χ2n) is 7.83. The summed E-state index contributed by atoms with van der Waals surface area (Å²) in [6, 6.07) is 24.2. The Bertz CT molecular complexity index is 1470. The number of aromatic nitrogens is 2. The van der Waals surface area contributed by atoms with E-state index in [0.717, 1.165) is 17.5 Å². The highest BCUT2D eigenvalue weighted by atomic mass is 16.5. The van der Waals surface area contributed by atoms with Crippen molar-refractivity contribution in [2.24, 2.45) is 0 Å². The minimum atomic E-state index is -0.570. The van der Waals surface area contributed by atoms with Crippen molar-refractivity contribution in [2.45, 2.75) is 19.8 Å². The van der Waals surface area contributed by atoms with E-state index < -0.39 is 11.5 Å². The van der Waals surface area contributed by atoms with Crippen molar-refractivity contribution in [3.63, 3.8) is 0 Å². The molecule has 35 heavy (non-hydrogen) atoms. The van der Waals surface area contributed by atoms with Crippen molar-refractivity contribution in [3.05, 3.63) is 112 Å². The van der Waals surface area contributed by atoms with Gasteiger partial charge in [0.05, 0.1) is 0 Å². The maximum absolute atomic E-state index is 13.3. The first kappa shape index (κ1) is 23.5. The lowest BCUT2D eigenvalue weighted by Crippen LogP contribution is -2.27. The van der Waals surface area contributed by atoms with Gasteiger partial charge in [-0.3, -0.25) is 14.0 Å². The van der Waals surface area contributed by atoms with Crippen LogP contribution in [0.3, 0.4) is 0 Å².